The number of hydrogen-bond acceptors (Lipinski definition) is 3. The van der Waals surface area contributed by atoms with E-state index in [1.54, 1.807) is 48.5 Å². The molecule has 0 saturated carbocycles. The van der Waals surface area contributed by atoms with Gasteiger partial charge in [-0.15, -0.1) is 6.58 Å². The number of carbonyl (C=O) groups is 1. The number of hydrogen-bond donors (Lipinski definition) is 1. The summed E-state index contributed by atoms with van der Waals surface area (Å²) in [5.74, 6) is -1.06. The molecule has 0 atom stereocenters. The van der Waals surface area contributed by atoms with Gasteiger partial charge in [-0.05, 0) is 36.4 Å². The van der Waals surface area contributed by atoms with E-state index in [-0.39, 0.29) is 28.6 Å². The summed E-state index contributed by atoms with van der Waals surface area (Å²) < 4.78 is 41.6. The predicted octanol–water partition coefficient (Wildman–Crippen LogP) is 4.79. The SMILES string of the molecule is C=CCN(c1ccccc1)S(=O)(=O)c1ccc(Cl)c(C(=O)NCc2ccccc2F)c1. The Bertz CT molecular complexity index is 1200. The fourth-order valence-electron chi connectivity index (χ4n) is 2.93. The first-order valence-corrected chi connectivity index (χ1v) is 11.2. The number of sulfonamides is 1. The number of rotatable bonds is 8. The summed E-state index contributed by atoms with van der Waals surface area (Å²) in [6.07, 6.45) is 1.47. The highest BCUT2D eigenvalue weighted by Crippen LogP contribution is 2.27. The van der Waals surface area contributed by atoms with Crippen LogP contribution in [-0.4, -0.2) is 20.9 Å². The molecule has 0 bridgehead atoms. The minimum absolute atomic E-state index is 0.0225. The van der Waals surface area contributed by atoms with Crippen LogP contribution in [0.2, 0.25) is 5.02 Å². The zero-order valence-electron chi connectivity index (χ0n) is 16.5. The molecule has 3 aromatic carbocycles. The van der Waals surface area contributed by atoms with E-state index in [0.29, 0.717) is 11.3 Å². The number of amides is 1. The van der Waals surface area contributed by atoms with Crippen LogP contribution in [-0.2, 0) is 16.6 Å². The summed E-state index contributed by atoms with van der Waals surface area (Å²) in [7, 11) is -4.00. The molecule has 3 rings (SSSR count). The highest BCUT2D eigenvalue weighted by Gasteiger charge is 2.26. The number of carbonyl (C=O) groups excluding carboxylic acids is 1. The zero-order valence-corrected chi connectivity index (χ0v) is 18.0. The second-order valence-corrected chi connectivity index (χ2v) is 8.85. The van der Waals surface area contributed by atoms with E-state index >= 15 is 0 Å². The monoisotopic (exact) mass is 458 g/mol. The lowest BCUT2D eigenvalue weighted by molar-refractivity contribution is 0.0950. The summed E-state index contributed by atoms with van der Waals surface area (Å²) in [4.78, 5) is 12.6. The smallest absolute Gasteiger partial charge is 0.264 e. The van der Waals surface area contributed by atoms with Crippen LogP contribution in [0.3, 0.4) is 0 Å². The van der Waals surface area contributed by atoms with Gasteiger partial charge in [0.25, 0.3) is 15.9 Å². The maximum Gasteiger partial charge on any atom is 0.264 e. The Morgan fingerprint density at radius 2 is 1.74 bits per heavy atom. The van der Waals surface area contributed by atoms with Gasteiger partial charge < -0.3 is 5.32 Å². The Hall–Kier alpha value is -3.16. The Morgan fingerprint density at radius 1 is 1.06 bits per heavy atom. The van der Waals surface area contributed by atoms with Gasteiger partial charge >= 0.3 is 0 Å². The van der Waals surface area contributed by atoms with E-state index in [4.69, 9.17) is 11.6 Å². The molecule has 0 aromatic heterocycles. The second-order valence-electron chi connectivity index (χ2n) is 6.58. The lowest BCUT2D eigenvalue weighted by Crippen LogP contribution is -2.31. The molecule has 0 saturated heterocycles. The number of nitrogens with zero attached hydrogens (tertiary/aromatic N) is 1. The van der Waals surface area contributed by atoms with Crippen LogP contribution in [0.4, 0.5) is 10.1 Å². The highest BCUT2D eigenvalue weighted by atomic mass is 35.5. The third kappa shape index (κ3) is 5.13. The fourth-order valence-corrected chi connectivity index (χ4v) is 4.60. The van der Waals surface area contributed by atoms with Gasteiger partial charge in [0.2, 0.25) is 0 Å². The molecule has 1 amide bonds. The highest BCUT2D eigenvalue weighted by molar-refractivity contribution is 7.92. The first-order chi connectivity index (χ1) is 14.8. The van der Waals surface area contributed by atoms with Crippen LogP contribution >= 0.6 is 11.6 Å². The van der Waals surface area contributed by atoms with Crippen molar-refractivity contribution in [3.63, 3.8) is 0 Å². The summed E-state index contributed by atoms with van der Waals surface area (Å²) in [5.41, 5.74) is 0.741. The largest absolute Gasteiger partial charge is 0.348 e. The lowest BCUT2D eigenvalue weighted by atomic mass is 10.2. The molecule has 1 N–H and O–H groups in total. The topological polar surface area (TPSA) is 66.5 Å². The zero-order chi connectivity index (χ0) is 22.4. The maximum atomic E-state index is 13.8. The lowest BCUT2D eigenvalue weighted by Gasteiger charge is -2.23. The molecule has 5 nitrogen and oxygen atoms in total. The second kappa shape index (κ2) is 9.76. The van der Waals surface area contributed by atoms with Crippen LogP contribution in [0, 0.1) is 5.82 Å². The Balaban J connectivity index is 1.91. The summed E-state index contributed by atoms with van der Waals surface area (Å²) in [6, 6.07) is 18.5. The van der Waals surface area contributed by atoms with Crippen molar-refractivity contribution in [1.82, 2.24) is 5.32 Å². The van der Waals surface area contributed by atoms with E-state index in [0.717, 1.165) is 0 Å². The van der Waals surface area contributed by atoms with Gasteiger partial charge in [0.15, 0.2) is 0 Å². The summed E-state index contributed by atoms with van der Waals surface area (Å²) >= 11 is 6.15. The van der Waals surface area contributed by atoms with Gasteiger partial charge in [-0.2, -0.15) is 0 Å². The van der Waals surface area contributed by atoms with Gasteiger partial charge in [-0.1, -0.05) is 54.1 Å². The number of nitrogens with one attached hydrogen (secondary N) is 1. The van der Waals surface area contributed by atoms with E-state index in [2.05, 4.69) is 11.9 Å². The normalized spacial score (nSPS) is 11.0. The number of halogens is 2. The molecule has 0 aliphatic carbocycles. The molecular formula is C23H20ClFN2O3S. The van der Waals surface area contributed by atoms with Crippen molar-refractivity contribution in [3.8, 4) is 0 Å². The van der Waals surface area contributed by atoms with Crippen molar-refractivity contribution in [1.29, 1.82) is 0 Å². The van der Waals surface area contributed by atoms with Crippen molar-refractivity contribution in [3.05, 3.63) is 107 Å². The van der Waals surface area contributed by atoms with Gasteiger partial charge in [0.05, 0.1) is 27.7 Å². The molecule has 0 radical (unpaired) electrons. The van der Waals surface area contributed by atoms with Crippen LogP contribution in [0.5, 0.6) is 0 Å². The minimum Gasteiger partial charge on any atom is -0.348 e. The average molecular weight is 459 g/mol. The van der Waals surface area contributed by atoms with Gasteiger partial charge in [-0.25, -0.2) is 12.8 Å². The molecule has 160 valence electrons. The van der Waals surface area contributed by atoms with Crippen LogP contribution in [0.15, 0.2) is 90.3 Å². The molecule has 3 aromatic rings. The molecule has 0 spiro atoms. The minimum atomic E-state index is -4.00. The maximum absolute atomic E-state index is 13.8. The number of anilines is 1. The van der Waals surface area contributed by atoms with E-state index in [1.165, 1.54) is 34.6 Å². The quantitative estimate of drug-likeness (QED) is 0.493. The average Bonchev–Trinajstić information content (AvgIpc) is 2.77. The Kier molecular flexibility index (Phi) is 7.09. The molecule has 0 fully saturated rings. The van der Waals surface area contributed by atoms with Crippen molar-refractivity contribution in [2.75, 3.05) is 10.8 Å². The van der Waals surface area contributed by atoms with Gasteiger partial charge in [0.1, 0.15) is 5.82 Å². The molecule has 0 unspecified atom stereocenters. The first-order valence-electron chi connectivity index (χ1n) is 9.34. The molecule has 0 heterocycles. The van der Waals surface area contributed by atoms with E-state index < -0.39 is 21.7 Å². The van der Waals surface area contributed by atoms with Crippen LogP contribution in [0.25, 0.3) is 0 Å². The van der Waals surface area contributed by atoms with Gasteiger partial charge in [-0.3, -0.25) is 9.10 Å². The first kappa shape index (κ1) is 22.5. The Morgan fingerprint density at radius 3 is 2.42 bits per heavy atom. The summed E-state index contributed by atoms with van der Waals surface area (Å²) in [5, 5.41) is 2.66. The van der Waals surface area contributed by atoms with Crippen molar-refractivity contribution in [2.24, 2.45) is 0 Å². The standard InChI is InChI=1S/C23H20ClFN2O3S/c1-2-14-27(18-9-4-3-5-10-18)31(29,30)19-12-13-21(24)20(15-19)23(28)26-16-17-8-6-7-11-22(17)25/h2-13,15H,1,14,16H2,(H,26,28). The predicted molar refractivity (Wildman–Crippen MR) is 120 cm³/mol. The third-order valence-corrected chi connectivity index (χ3v) is 6.63. The van der Waals surface area contributed by atoms with Crippen molar-refractivity contribution in [2.45, 2.75) is 11.4 Å². The molecule has 0 aliphatic heterocycles. The van der Waals surface area contributed by atoms with E-state index in [9.17, 15) is 17.6 Å². The molecule has 0 aliphatic rings. The van der Waals surface area contributed by atoms with Gasteiger partial charge in [0, 0.05) is 12.1 Å². The van der Waals surface area contributed by atoms with Crippen LogP contribution < -0.4 is 9.62 Å². The van der Waals surface area contributed by atoms with Crippen LogP contribution in [0.1, 0.15) is 15.9 Å². The molecular weight excluding hydrogens is 439 g/mol. The number of benzene rings is 3. The molecule has 8 heteroatoms. The third-order valence-electron chi connectivity index (χ3n) is 4.51. The van der Waals surface area contributed by atoms with Crippen molar-refractivity contribution >= 4 is 33.2 Å². The molecule has 31 heavy (non-hydrogen) atoms. The number of para-hydroxylation sites is 1. The van der Waals surface area contributed by atoms with E-state index in [1.807, 2.05) is 0 Å². The fraction of sp³-hybridized carbons (Fsp3) is 0.0870. The summed E-state index contributed by atoms with van der Waals surface area (Å²) in [6.45, 7) is 3.61. The Labute approximate surface area is 185 Å². The van der Waals surface area contributed by atoms with Crippen molar-refractivity contribution < 1.29 is 17.6 Å².